The quantitative estimate of drug-likeness (QED) is 0.844. The highest BCUT2D eigenvalue weighted by Gasteiger charge is 2.25. The van der Waals surface area contributed by atoms with Crippen molar-refractivity contribution in [3.8, 4) is 0 Å². The molecule has 1 fully saturated rings. The van der Waals surface area contributed by atoms with Gasteiger partial charge in [0.1, 0.15) is 5.76 Å². The molecule has 3 nitrogen and oxygen atoms in total. The molecule has 1 aromatic heterocycles. The Morgan fingerprint density at radius 3 is 2.72 bits per heavy atom. The van der Waals surface area contributed by atoms with Crippen LogP contribution >= 0.6 is 0 Å². The van der Waals surface area contributed by atoms with Gasteiger partial charge >= 0.3 is 0 Å². The molecule has 0 amide bonds. The van der Waals surface area contributed by atoms with Crippen LogP contribution in [0.3, 0.4) is 0 Å². The van der Waals surface area contributed by atoms with E-state index in [9.17, 15) is 0 Å². The molecule has 102 valence electrons. The molecule has 1 aliphatic carbocycles. The molecule has 3 heteroatoms. The molecular formula is C15H26N2O. The molecule has 1 heterocycles. The van der Waals surface area contributed by atoms with Gasteiger partial charge < -0.3 is 10.2 Å². The summed E-state index contributed by atoms with van der Waals surface area (Å²) in [4.78, 5) is 2.48. The predicted octanol–water partition coefficient (Wildman–Crippen LogP) is 2.87. The zero-order valence-corrected chi connectivity index (χ0v) is 11.5. The number of rotatable bonds is 6. The van der Waals surface area contributed by atoms with Crippen LogP contribution in [-0.2, 0) is 6.54 Å². The molecular weight excluding hydrogens is 224 g/mol. The predicted molar refractivity (Wildman–Crippen MR) is 74.2 cm³/mol. The summed E-state index contributed by atoms with van der Waals surface area (Å²) in [6.07, 6.45) is 7.16. The maximum atomic E-state index is 5.91. The molecule has 1 saturated carbocycles. The SMILES string of the molecule is CCN(Cc1ccco1)CC1CCCCC1CN. The van der Waals surface area contributed by atoms with Gasteiger partial charge in [-0.1, -0.05) is 19.8 Å². The van der Waals surface area contributed by atoms with Gasteiger partial charge in [-0.3, -0.25) is 4.90 Å². The number of hydrogen-bond donors (Lipinski definition) is 1. The number of nitrogens with two attached hydrogens (primary N) is 1. The van der Waals surface area contributed by atoms with Crippen LogP contribution in [0.4, 0.5) is 0 Å². The van der Waals surface area contributed by atoms with Crippen molar-refractivity contribution in [1.29, 1.82) is 0 Å². The van der Waals surface area contributed by atoms with Gasteiger partial charge in [-0.15, -0.1) is 0 Å². The van der Waals surface area contributed by atoms with Crippen LogP contribution < -0.4 is 5.73 Å². The smallest absolute Gasteiger partial charge is 0.117 e. The first-order valence-corrected chi connectivity index (χ1v) is 7.28. The largest absolute Gasteiger partial charge is 0.468 e. The number of nitrogens with zero attached hydrogens (tertiary/aromatic N) is 1. The maximum Gasteiger partial charge on any atom is 0.117 e. The molecule has 0 spiro atoms. The van der Waals surface area contributed by atoms with E-state index in [-0.39, 0.29) is 0 Å². The van der Waals surface area contributed by atoms with E-state index in [1.54, 1.807) is 6.26 Å². The molecule has 2 rings (SSSR count). The van der Waals surface area contributed by atoms with Crippen molar-refractivity contribution in [2.75, 3.05) is 19.6 Å². The van der Waals surface area contributed by atoms with E-state index in [1.165, 1.54) is 32.2 Å². The highest BCUT2D eigenvalue weighted by molar-refractivity contribution is 4.98. The van der Waals surface area contributed by atoms with Crippen molar-refractivity contribution in [1.82, 2.24) is 4.90 Å². The van der Waals surface area contributed by atoms with E-state index >= 15 is 0 Å². The molecule has 1 aromatic rings. The Bertz CT molecular complexity index is 323. The zero-order valence-electron chi connectivity index (χ0n) is 11.5. The molecule has 0 saturated heterocycles. The van der Waals surface area contributed by atoms with E-state index in [0.717, 1.165) is 37.2 Å². The lowest BCUT2D eigenvalue weighted by Crippen LogP contribution is -2.36. The number of furan rings is 1. The summed E-state index contributed by atoms with van der Waals surface area (Å²) in [6.45, 7) is 6.25. The topological polar surface area (TPSA) is 42.4 Å². The molecule has 0 bridgehead atoms. The van der Waals surface area contributed by atoms with Crippen LogP contribution in [0.25, 0.3) is 0 Å². The second-order valence-corrected chi connectivity index (χ2v) is 5.45. The van der Waals surface area contributed by atoms with Gasteiger partial charge in [-0.2, -0.15) is 0 Å². The highest BCUT2D eigenvalue weighted by atomic mass is 16.3. The lowest BCUT2D eigenvalue weighted by Gasteiger charge is -2.34. The van der Waals surface area contributed by atoms with Crippen molar-refractivity contribution in [2.24, 2.45) is 17.6 Å². The van der Waals surface area contributed by atoms with Crippen LogP contribution in [0, 0.1) is 11.8 Å². The van der Waals surface area contributed by atoms with Gasteiger partial charge in [0.25, 0.3) is 0 Å². The van der Waals surface area contributed by atoms with Crippen molar-refractivity contribution in [2.45, 2.75) is 39.2 Å². The lowest BCUT2D eigenvalue weighted by atomic mass is 9.79. The van der Waals surface area contributed by atoms with Gasteiger partial charge in [0.15, 0.2) is 0 Å². The fourth-order valence-corrected chi connectivity index (χ4v) is 3.10. The summed E-state index contributed by atoms with van der Waals surface area (Å²) in [5.41, 5.74) is 5.91. The molecule has 1 aliphatic rings. The summed E-state index contributed by atoms with van der Waals surface area (Å²) in [6, 6.07) is 4.02. The standard InChI is InChI=1S/C15H26N2O/c1-2-17(12-15-8-5-9-18-15)11-14-7-4-3-6-13(14)10-16/h5,8-9,13-14H,2-4,6-7,10-12,16H2,1H3. The number of hydrogen-bond acceptors (Lipinski definition) is 3. The second kappa shape index (κ2) is 6.95. The second-order valence-electron chi connectivity index (χ2n) is 5.45. The summed E-state index contributed by atoms with van der Waals surface area (Å²) in [5, 5.41) is 0. The van der Waals surface area contributed by atoms with E-state index in [1.807, 2.05) is 6.07 Å². The van der Waals surface area contributed by atoms with Crippen molar-refractivity contribution in [3.05, 3.63) is 24.2 Å². The van der Waals surface area contributed by atoms with Crippen LogP contribution in [0.5, 0.6) is 0 Å². The summed E-state index contributed by atoms with van der Waals surface area (Å²) in [5.74, 6) is 2.57. The normalized spacial score (nSPS) is 24.6. The van der Waals surface area contributed by atoms with E-state index < -0.39 is 0 Å². The van der Waals surface area contributed by atoms with Crippen LogP contribution in [-0.4, -0.2) is 24.5 Å². The van der Waals surface area contributed by atoms with E-state index in [2.05, 4.69) is 17.9 Å². The van der Waals surface area contributed by atoms with Crippen LogP contribution in [0.1, 0.15) is 38.4 Å². The lowest BCUT2D eigenvalue weighted by molar-refractivity contribution is 0.147. The first kappa shape index (κ1) is 13.6. The minimum Gasteiger partial charge on any atom is -0.468 e. The molecule has 0 radical (unpaired) electrons. The molecule has 0 aromatic carbocycles. The minimum absolute atomic E-state index is 0.726. The van der Waals surface area contributed by atoms with E-state index in [0.29, 0.717) is 0 Å². The van der Waals surface area contributed by atoms with Crippen molar-refractivity contribution >= 4 is 0 Å². The first-order valence-electron chi connectivity index (χ1n) is 7.28. The maximum absolute atomic E-state index is 5.91. The Morgan fingerprint density at radius 1 is 1.33 bits per heavy atom. The van der Waals surface area contributed by atoms with Crippen molar-refractivity contribution in [3.63, 3.8) is 0 Å². The monoisotopic (exact) mass is 250 g/mol. The summed E-state index contributed by atoms with van der Waals surface area (Å²) >= 11 is 0. The molecule has 2 unspecified atom stereocenters. The fraction of sp³-hybridized carbons (Fsp3) is 0.733. The van der Waals surface area contributed by atoms with Gasteiger partial charge in [0.05, 0.1) is 12.8 Å². The van der Waals surface area contributed by atoms with Gasteiger partial charge in [0.2, 0.25) is 0 Å². The Morgan fingerprint density at radius 2 is 2.11 bits per heavy atom. The van der Waals surface area contributed by atoms with Crippen LogP contribution in [0.15, 0.2) is 22.8 Å². The average molecular weight is 250 g/mol. The Hall–Kier alpha value is -0.800. The van der Waals surface area contributed by atoms with Crippen LogP contribution in [0.2, 0.25) is 0 Å². The Balaban J connectivity index is 1.88. The molecule has 18 heavy (non-hydrogen) atoms. The Kier molecular flexibility index (Phi) is 5.26. The third-order valence-corrected chi connectivity index (χ3v) is 4.27. The van der Waals surface area contributed by atoms with Gasteiger partial charge in [-0.05, 0) is 49.9 Å². The zero-order chi connectivity index (χ0) is 12.8. The van der Waals surface area contributed by atoms with Crippen molar-refractivity contribution < 1.29 is 4.42 Å². The molecule has 2 atom stereocenters. The minimum atomic E-state index is 0.726. The molecule has 2 N–H and O–H groups in total. The Labute approximate surface area is 110 Å². The third kappa shape index (κ3) is 3.59. The molecule has 0 aliphatic heterocycles. The third-order valence-electron chi connectivity index (χ3n) is 4.27. The average Bonchev–Trinajstić information content (AvgIpc) is 2.91. The highest BCUT2D eigenvalue weighted by Crippen LogP contribution is 2.30. The van der Waals surface area contributed by atoms with Gasteiger partial charge in [-0.25, -0.2) is 0 Å². The van der Waals surface area contributed by atoms with Gasteiger partial charge in [0, 0.05) is 6.54 Å². The van der Waals surface area contributed by atoms with E-state index in [4.69, 9.17) is 10.2 Å². The summed E-state index contributed by atoms with van der Waals surface area (Å²) < 4.78 is 5.44. The fourth-order valence-electron chi connectivity index (χ4n) is 3.10. The first-order chi connectivity index (χ1) is 8.83. The summed E-state index contributed by atoms with van der Waals surface area (Å²) in [7, 11) is 0.